The van der Waals surface area contributed by atoms with Crippen molar-refractivity contribution in [3.8, 4) is 0 Å². The zero-order valence-corrected chi connectivity index (χ0v) is 16.8. The van der Waals surface area contributed by atoms with Crippen LogP contribution in [0.5, 0.6) is 0 Å². The van der Waals surface area contributed by atoms with E-state index in [0.29, 0.717) is 5.02 Å². The predicted octanol–water partition coefficient (Wildman–Crippen LogP) is 6.32. The first-order valence-corrected chi connectivity index (χ1v) is 10.2. The van der Waals surface area contributed by atoms with Gasteiger partial charge in [-0.2, -0.15) is 0 Å². The maximum absolute atomic E-state index is 6.20. The Balaban J connectivity index is 1.47. The van der Waals surface area contributed by atoms with Gasteiger partial charge in [0, 0.05) is 22.2 Å². The first-order chi connectivity index (χ1) is 12.1. The molecule has 0 fully saturated rings. The van der Waals surface area contributed by atoms with Gasteiger partial charge >= 0.3 is 0 Å². The third-order valence-electron chi connectivity index (χ3n) is 4.34. The molecule has 25 heavy (non-hydrogen) atoms. The van der Waals surface area contributed by atoms with Gasteiger partial charge in [-0.25, -0.2) is 4.98 Å². The van der Waals surface area contributed by atoms with E-state index in [2.05, 4.69) is 21.5 Å². The molecule has 0 unspecified atom stereocenters. The highest BCUT2D eigenvalue weighted by Crippen LogP contribution is 2.30. The Morgan fingerprint density at radius 1 is 1.08 bits per heavy atom. The van der Waals surface area contributed by atoms with Crippen molar-refractivity contribution in [3.63, 3.8) is 0 Å². The van der Waals surface area contributed by atoms with E-state index >= 15 is 0 Å². The molecule has 0 N–H and O–H groups in total. The number of hydrogen-bond acceptors (Lipinski definition) is 3. The van der Waals surface area contributed by atoms with E-state index in [1.165, 1.54) is 17.5 Å². The highest BCUT2D eigenvalue weighted by molar-refractivity contribution is 7.99. The van der Waals surface area contributed by atoms with Gasteiger partial charge in [-0.05, 0) is 56.2 Å². The molecule has 3 aromatic rings. The molecule has 0 radical (unpaired) electrons. The number of aryl methyl sites for hydroxylation is 3. The summed E-state index contributed by atoms with van der Waals surface area (Å²) in [6.45, 7) is 5.16. The molecule has 0 spiro atoms. The van der Waals surface area contributed by atoms with E-state index in [4.69, 9.17) is 23.2 Å². The number of halogens is 2. The fourth-order valence-corrected chi connectivity index (χ4v) is 4.33. The Hall–Kier alpha value is -1.23. The predicted molar refractivity (Wildman–Crippen MR) is 108 cm³/mol. The lowest BCUT2D eigenvalue weighted by molar-refractivity contribution is 0.614. The van der Waals surface area contributed by atoms with Crippen LogP contribution in [-0.2, 0) is 6.54 Å². The molecule has 0 aliphatic rings. The van der Waals surface area contributed by atoms with Gasteiger partial charge in [-0.15, -0.1) is 11.8 Å². The average molecular weight is 394 g/mol. The van der Waals surface area contributed by atoms with Crippen LogP contribution < -0.4 is 0 Å². The third kappa shape index (κ3) is 4.49. The normalized spacial score (nSPS) is 11.4. The van der Waals surface area contributed by atoms with Gasteiger partial charge in [0.25, 0.3) is 0 Å². The van der Waals surface area contributed by atoms with Crippen LogP contribution in [0.15, 0.2) is 35.6 Å². The van der Waals surface area contributed by atoms with Crippen LogP contribution in [0.1, 0.15) is 30.5 Å². The molecule has 6 heteroatoms. The monoisotopic (exact) mass is 393 g/mol. The number of benzene rings is 1. The molecule has 0 aliphatic carbocycles. The molecule has 0 amide bonds. The lowest BCUT2D eigenvalue weighted by Crippen LogP contribution is -1.99. The number of aromatic nitrogens is 3. The Kier molecular flexibility index (Phi) is 6.26. The van der Waals surface area contributed by atoms with Crippen LogP contribution in [0.3, 0.4) is 0 Å². The Morgan fingerprint density at radius 2 is 1.92 bits per heavy atom. The van der Waals surface area contributed by atoms with Crippen LogP contribution in [0.4, 0.5) is 0 Å². The van der Waals surface area contributed by atoms with Crippen LogP contribution in [0.25, 0.3) is 11.0 Å². The summed E-state index contributed by atoms with van der Waals surface area (Å²) in [4.78, 5) is 9.95. The third-order valence-corrected chi connectivity index (χ3v) is 6.16. The second-order valence-corrected chi connectivity index (χ2v) is 8.10. The number of nitrogens with zero attached hydrogens (tertiary/aromatic N) is 3. The quantitative estimate of drug-likeness (QED) is 0.347. The minimum atomic E-state index is 0.683. The highest BCUT2D eigenvalue weighted by Gasteiger charge is 2.08. The van der Waals surface area contributed by atoms with Gasteiger partial charge < -0.3 is 4.57 Å². The molecule has 132 valence electrons. The van der Waals surface area contributed by atoms with Crippen LogP contribution >= 0.6 is 35.0 Å². The Bertz CT molecular complexity index is 876. The highest BCUT2D eigenvalue weighted by atomic mass is 35.5. The summed E-state index contributed by atoms with van der Waals surface area (Å²) in [5.74, 6) is 1.06. The number of fused-ring (bicyclic) bond motifs is 1. The molecule has 0 bridgehead atoms. The molecule has 2 heterocycles. The van der Waals surface area contributed by atoms with Gasteiger partial charge in [0.05, 0.1) is 23.1 Å². The molecule has 3 nitrogen and oxygen atoms in total. The summed E-state index contributed by atoms with van der Waals surface area (Å²) < 4.78 is 2.25. The minimum Gasteiger partial charge on any atom is -0.330 e. The van der Waals surface area contributed by atoms with Crippen molar-refractivity contribution >= 4 is 46.0 Å². The summed E-state index contributed by atoms with van der Waals surface area (Å²) in [5, 5.41) is 1.42. The Morgan fingerprint density at radius 3 is 2.72 bits per heavy atom. The largest absolute Gasteiger partial charge is 0.330 e. The van der Waals surface area contributed by atoms with Crippen LogP contribution in [0, 0.1) is 13.8 Å². The van der Waals surface area contributed by atoms with Crippen molar-refractivity contribution in [1.82, 2.24) is 14.5 Å². The van der Waals surface area contributed by atoms with Crippen LogP contribution in [-0.4, -0.2) is 20.3 Å². The van der Waals surface area contributed by atoms with E-state index in [9.17, 15) is 0 Å². The van der Waals surface area contributed by atoms with Crippen molar-refractivity contribution in [2.24, 2.45) is 0 Å². The number of rotatable bonds is 7. The van der Waals surface area contributed by atoms with Crippen molar-refractivity contribution < 1.29 is 0 Å². The smallest absolute Gasteiger partial charge is 0.107 e. The Labute approximate surface area is 162 Å². The number of thioether (sulfide) groups is 1. The molecule has 2 aromatic heterocycles. The maximum Gasteiger partial charge on any atom is 0.107 e. The minimum absolute atomic E-state index is 0.683. The molecule has 0 atom stereocenters. The zero-order valence-electron chi connectivity index (χ0n) is 14.4. The zero-order chi connectivity index (χ0) is 17.8. The van der Waals surface area contributed by atoms with Gasteiger partial charge in [0.15, 0.2) is 0 Å². The number of hydrogen-bond donors (Lipinski definition) is 0. The number of pyridine rings is 1. The lowest BCUT2D eigenvalue weighted by Gasteiger charge is -2.08. The van der Waals surface area contributed by atoms with E-state index in [-0.39, 0.29) is 0 Å². The maximum atomic E-state index is 6.20. The van der Waals surface area contributed by atoms with Gasteiger partial charge in [-0.3, -0.25) is 4.98 Å². The molecule has 1 aromatic carbocycles. The summed E-state index contributed by atoms with van der Waals surface area (Å²) in [5.41, 5.74) is 4.50. The standard InChI is InChI=1S/C19H21Cl2N3S/c1-13-14(2)22-11-17-19(13)24(12-23-17)8-4-3-5-9-25-18-7-6-15(20)10-16(18)21/h6-7,10-12H,3-5,8-9H2,1-2H3. The average Bonchev–Trinajstić information content (AvgIpc) is 2.99. The van der Waals surface area contributed by atoms with Crippen molar-refractivity contribution in [2.75, 3.05) is 5.75 Å². The molecule has 0 saturated heterocycles. The fraction of sp³-hybridized carbons (Fsp3) is 0.368. The molecule has 0 aliphatic heterocycles. The second-order valence-electron chi connectivity index (χ2n) is 6.12. The summed E-state index contributed by atoms with van der Waals surface area (Å²) in [6.07, 6.45) is 7.28. The van der Waals surface area contributed by atoms with Crippen molar-refractivity contribution in [2.45, 2.75) is 44.6 Å². The van der Waals surface area contributed by atoms with Gasteiger partial charge in [0.1, 0.15) is 5.52 Å². The topological polar surface area (TPSA) is 30.7 Å². The van der Waals surface area contributed by atoms with E-state index in [0.717, 1.165) is 46.3 Å². The summed E-state index contributed by atoms with van der Waals surface area (Å²) in [6, 6.07) is 5.68. The fourth-order valence-electron chi connectivity index (χ4n) is 2.83. The lowest BCUT2D eigenvalue weighted by atomic mass is 10.2. The SMILES string of the molecule is Cc1ncc2ncn(CCCCCSc3ccc(Cl)cc3Cl)c2c1C. The number of imidazole rings is 1. The second kappa shape index (κ2) is 8.43. The van der Waals surface area contributed by atoms with Crippen molar-refractivity contribution in [1.29, 1.82) is 0 Å². The molecule has 3 rings (SSSR count). The number of unbranched alkanes of at least 4 members (excludes halogenated alkanes) is 2. The van der Waals surface area contributed by atoms with Gasteiger partial charge in [-0.1, -0.05) is 29.6 Å². The van der Waals surface area contributed by atoms with E-state index in [1.807, 2.05) is 31.6 Å². The van der Waals surface area contributed by atoms with Crippen molar-refractivity contribution in [3.05, 3.63) is 52.0 Å². The molecular weight excluding hydrogens is 373 g/mol. The molecule has 0 saturated carbocycles. The van der Waals surface area contributed by atoms with Crippen LogP contribution in [0.2, 0.25) is 10.0 Å². The van der Waals surface area contributed by atoms with E-state index in [1.54, 1.807) is 17.8 Å². The first-order valence-electron chi connectivity index (χ1n) is 8.41. The van der Waals surface area contributed by atoms with Gasteiger partial charge in [0.2, 0.25) is 0 Å². The van der Waals surface area contributed by atoms with E-state index < -0.39 is 0 Å². The summed E-state index contributed by atoms with van der Waals surface area (Å²) in [7, 11) is 0. The first kappa shape index (κ1) is 18.6. The summed E-state index contributed by atoms with van der Waals surface area (Å²) >= 11 is 13.9. The molecular formula is C19H21Cl2N3S.